The highest BCUT2D eigenvalue weighted by molar-refractivity contribution is 5.42. The van der Waals surface area contributed by atoms with Crippen LogP contribution in [0.25, 0.3) is 0 Å². The number of aliphatic hydroxyl groups is 1. The first-order valence-corrected chi connectivity index (χ1v) is 5.59. The maximum Gasteiger partial charge on any atom is 0.128 e. The summed E-state index contributed by atoms with van der Waals surface area (Å²) in [5.41, 5.74) is 1.87. The molecule has 0 bridgehead atoms. The van der Waals surface area contributed by atoms with E-state index in [9.17, 15) is 5.11 Å². The number of nitrogens with zero attached hydrogens (tertiary/aromatic N) is 2. The molecule has 2 rings (SSSR count). The van der Waals surface area contributed by atoms with Gasteiger partial charge < -0.3 is 10.0 Å². The lowest BCUT2D eigenvalue weighted by Gasteiger charge is -2.18. The van der Waals surface area contributed by atoms with Crippen molar-refractivity contribution in [1.29, 1.82) is 0 Å². The third-order valence-electron chi connectivity index (χ3n) is 2.99. The van der Waals surface area contributed by atoms with E-state index in [4.69, 9.17) is 0 Å². The number of pyridine rings is 1. The van der Waals surface area contributed by atoms with Gasteiger partial charge in [0.2, 0.25) is 0 Å². The molecule has 3 nitrogen and oxygen atoms in total. The molecule has 2 heterocycles. The van der Waals surface area contributed by atoms with Gasteiger partial charge in [0, 0.05) is 24.3 Å². The van der Waals surface area contributed by atoms with Gasteiger partial charge in [0.25, 0.3) is 0 Å². The summed E-state index contributed by atoms with van der Waals surface area (Å²) in [6.07, 6.45) is 2.10. The highest BCUT2D eigenvalue weighted by Gasteiger charge is 2.15. The first-order valence-electron chi connectivity index (χ1n) is 5.59. The Balaban J connectivity index is 2.24. The van der Waals surface area contributed by atoms with E-state index in [1.165, 1.54) is 12.8 Å². The van der Waals surface area contributed by atoms with Crippen molar-refractivity contribution in [3.05, 3.63) is 23.4 Å². The Morgan fingerprint density at radius 2 is 2.00 bits per heavy atom. The molecule has 1 aromatic heterocycles. The molecule has 3 heteroatoms. The van der Waals surface area contributed by atoms with E-state index < -0.39 is 6.10 Å². The van der Waals surface area contributed by atoms with Crippen LogP contribution in [0.2, 0.25) is 0 Å². The van der Waals surface area contributed by atoms with Crippen LogP contribution < -0.4 is 4.90 Å². The minimum absolute atomic E-state index is 0.426. The summed E-state index contributed by atoms with van der Waals surface area (Å²) in [5.74, 6) is 1.05. The number of hydrogen-bond donors (Lipinski definition) is 1. The molecule has 0 unspecified atom stereocenters. The van der Waals surface area contributed by atoms with Crippen molar-refractivity contribution in [3.63, 3.8) is 0 Å². The van der Waals surface area contributed by atoms with Gasteiger partial charge in [-0.1, -0.05) is 6.07 Å². The summed E-state index contributed by atoms with van der Waals surface area (Å²) in [6.45, 7) is 5.96. The fourth-order valence-corrected chi connectivity index (χ4v) is 2.12. The SMILES string of the molecule is Cc1nc(N2CCCC2)ccc1[C@@H](C)O. The summed E-state index contributed by atoms with van der Waals surface area (Å²) >= 11 is 0. The average Bonchev–Trinajstić information content (AvgIpc) is 2.69. The molecule has 0 saturated carbocycles. The largest absolute Gasteiger partial charge is 0.389 e. The van der Waals surface area contributed by atoms with Gasteiger partial charge in [0.1, 0.15) is 5.82 Å². The molecule has 0 amide bonds. The van der Waals surface area contributed by atoms with Gasteiger partial charge in [0.05, 0.1) is 6.10 Å². The molecule has 0 aromatic carbocycles. The summed E-state index contributed by atoms with van der Waals surface area (Å²) in [6, 6.07) is 4.00. The van der Waals surface area contributed by atoms with Crippen LogP contribution in [0, 0.1) is 6.92 Å². The van der Waals surface area contributed by atoms with E-state index in [0.717, 1.165) is 30.2 Å². The summed E-state index contributed by atoms with van der Waals surface area (Å²) in [5, 5.41) is 9.51. The van der Waals surface area contributed by atoms with Crippen LogP contribution in [0.3, 0.4) is 0 Å². The zero-order valence-corrected chi connectivity index (χ0v) is 9.40. The predicted octanol–water partition coefficient (Wildman–Crippen LogP) is 2.04. The summed E-state index contributed by atoms with van der Waals surface area (Å²) in [4.78, 5) is 6.85. The second-order valence-corrected chi connectivity index (χ2v) is 4.21. The van der Waals surface area contributed by atoms with E-state index in [1.807, 2.05) is 19.1 Å². The lowest BCUT2D eigenvalue weighted by atomic mass is 10.1. The predicted molar refractivity (Wildman–Crippen MR) is 61.1 cm³/mol. The summed E-state index contributed by atoms with van der Waals surface area (Å²) < 4.78 is 0. The van der Waals surface area contributed by atoms with Crippen LogP contribution in [0.15, 0.2) is 12.1 Å². The van der Waals surface area contributed by atoms with Gasteiger partial charge in [-0.15, -0.1) is 0 Å². The van der Waals surface area contributed by atoms with Crippen LogP contribution in [-0.2, 0) is 0 Å². The van der Waals surface area contributed by atoms with Crippen LogP contribution in [0.4, 0.5) is 5.82 Å². The number of aryl methyl sites for hydroxylation is 1. The monoisotopic (exact) mass is 206 g/mol. The molecule has 15 heavy (non-hydrogen) atoms. The Morgan fingerprint density at radius 3 is 2.53 bits per heavy atom. The zero-order chi connectivity index (χ0) is 10.8. The van der Waals surface area contributed by atoms with Gasteiger partial charge in [-0.3, -0.25) is 0 Å². The molecule has 1 aliphatic heterocycles. The van der Waals surface area contributed by atoms with Crippen LogP contribution in [-0.4, -0.2) is 23.2 Å². The molecule has 0 aliphatic carbocycles. The van der Waals surface area contributed by atoms with E-state index in [0.29, 0.717) is 0 Å². The third-order valence-corrected chi connectivity index (χ3v) is 2.99. The molecule has 1 aromatic rings. The number of aliphatic hydroxyl groups excluding tert-OH is 1. The second-order valence-electron chi connectivity index (χ2n) is 4.21. The fraction of sp³-hybridized carbons (Fsp3) is 0.583. The quantitative estimate of drug-likeness (QED) is 0.804. The van der Waals surface area contributed by atoms with Gasteiger partial charge >= 0.3 is 0 Å². The molecular weight excluding hydrogens is 188 g/mol. The topological polar surface area (TPSA) is 36.4 Å². The van der Waals surface area contributed by atoms with Crippen molar-refractivity contribution in [2.75, 3.05) is 18.0 Å². The molecular formula is C12H18N2O. The fourth-order valence-electron chi connectivity index (χ4n) is 2.12. The van der Waals surface area contributed by atoms with E-state index in [2.05, 4.69) is 9.88 Å². The van der Waals surface area contributed by atoms with Crippen LogP contribution >= 0.6 is 0 Å². The Hall–Kier alpha value is -1.09. The smallest absolute Gasteiger partial charge is 0.128 e. The average molecular weight is 206 g/mol. The lowest BCUT2D eigenvalue weighted by Crippen LogP contribution is -2.19. The molecule has 82 valence electrons. The standard InChI is InChI=1S/C12H18N2O/c1-9-11(10(2)15)5-6-12(13-9)14-7-3-4-8-14/h5-6,10,15H,3-4,7-8H2,1-2H3/t10-/m1/s1. The van der Waals surface area contributed by atoms with E-state index >= 15 is 0 Å². The first-order chi connectivity index (χ1) is 7.18. The van der Waals surface area contributed by atoms with Crippen molar-refractivity contribution in [2.45, 2.75) is 32.8 Å². The first kappa shape index (κ1) is 10.4. The summed E-state index contributed by atoms with van der Waals surface area (Å²) in [7, 11) is 0. The second kappa shape index (κ2) is 4.19. The van der Waals surface area contributed by atoms with Gasteiger partial charge in [-0.25, -0.2) is 4.98 Å². The van der Waals surface area contributed by atoms with E-state index in [1.54, 1.807) is 6.92 Å². The molecule has 0 spiro atoms. The maximum atomic E-state index is 9.51. The Morgan fingerprint density at radius 1 is 1.33 bits per heavy atom. The molecule has 1 fully saturated rings. The molecule has 1 aliphatic rings. The molecule has 0 radical (unpaired) electrons. The third kappa shape index (κ3) is 2.12. The minimum Gasteiger partial charge on any atom is -0.389 e. The Kier molecular flexibility index (Phi) is 2.91. The number of anilines is 1. The lowest BCUT2D eigenvalue weighted by molar-refractivity contribution is 0.198. The molecule has 1 N–H and O–H groups in total. The Bertz CT molecular complexity index is 343. The minimum atomic E-state index is -0.426. The van der Waals surface area contributed by atoms with Crippen molar-refractivity contribution in [3.8, 4) is 0 Å². The molecule has 1 atom stereocenters. The highest BCUT2D eigenvalue weighted by Crippen LogP contribution is 2.22. The zero-order valence-electron chi connectivity index (χ0n) is 9.40. The van der Waals surface area contributed by atoms with Crippen molar-refractivity contribution < 1.29 is 5.11 Å². The highest BCUT2D eigenvalue weighted by atomic mass is 16.3. The van der Waals surface area contributed by atoms with Gasteiger partial charge in [-0.05, 0) is 32.8 Å². The molecule has 1 saturated heterocycles. The number of hydrogen-bond acceptors (Lipinski definition) is 3. The Labute approximate surface area is 90.8 Å². The van der Waals surface area contributed by atoms with Gasteiger partial charge in [0.15, 0.2) is 0 Å². The van der Waals surface area contributed by atoms with Crippen LogP contribution in [0.1, 0.15) is 37.1 Å². The van der Waals surface area contributed by atoms with Gasteiger partial charge in [-0.2, -0.15) is 0 Å². The number of aromatic nitrogens is 1. The van der Waals surface area contributed by atoms with Crippen molar-refractivity contribution in [1.82, 2.24) is 4.98 Å². The van der Waals surface area contributed by atoms with Crippen molar-refractivity contribution in [2.24, 2.45) is 0 Å². The van der Waals surface area contributed by atoms with Crippen LogP contribution in [0.5, 0.6) is 0 Å². The van der Waals surface area contributed by atoms with E-state index in [-0.39, 0.29) is 0 Å². The normalized spacial score (nSPS) is 18.2. The number of rotatable bonds is 2. The maximum absolute atomic E-state index is 9.51. The van der Waals surface area contributed by atoms with Crippen molar-refractivity contribution >= 4 is 5.82 Å².